The quantitative estimate of drug-likeness (QED) is 0.616. The molecule has 1 aromatic heterocycles. The zero-order valence-electron chi connectivity index (χ0n) is 14.6. The molecule has 1 amide bonds. The van der Waals surface area contributed by atoms with Gasteiger partial charge < -0.3 is 0 Å². The van der Waals surface area contributed by atoms with Crippen LogP contribution < -0.4 is 0 Å². The summed E-state index contributed by atoms with van der Waals surface area (Å²) in [5.74, 6) is 0.209. The molecule has 1 aliphatic heterocycles. The van der Waals surface area contributed by atoms with Gasteiger partial charge >= 0.3 is 0 Å². The minimum absolute atomic E-state index is 0.0415. The number of thioether (sulfide) groups is 1. The molecule has 2 aromatic carbocycles. The average molecular weight is 378 g/mol. The van der Waals surface area contributed by atoms with Gasteiger partial charge in [0.05, 0.1) is 24.6 Å². The molecule has 0 bridgehead atoms. The molecule has 0 atom stereocenters. The highest BCUT2D eigenvalue weighted by atomic mass is 32.2. The highest BCUT2D eigenvalue weighted by Crippen LogP contribution is 2.19. The Morgan fingerprint density at radius 2 is 1.78 bits per heavy atom. The van der Waals surface area contributed by atoms with E-state index < -0.39 is 0 Å². The number of amides is 1. The van der Waals surface area contributed by atoms with E-state index in [1.54, 1.807) is 9.69 Å². The zero-order chi connectivity index (χ0) is 18.5. The summed E-state index contributed by atoms with van der Waals surface area (Å²) in [6.07, 6.45) is 0.770. The number of hydrazone groups is 1. The van der Waals surface area contributed by atoms with Crippen LogP contribution in [0.4, 0.5) is 0 Å². The number of aromatic nitrogens is 4. The van der Waals surface area contributed by atoms with Gasteiger partial charge in [0.15, 0.2) is 0 Å². The van der Waals surface area contributed by atoms with Crippen LogP contribution in [0.2, 0.25) is 0 Å². The predicted molar refractivity (Wildman–Crippen MR) is 103 cm³/mol. The van der Waals surface area contributed by atoms with Crippen LogP contribution >= 0.6 is 11.8 Å². The van der Waals surface area contributed by atoms with Crippen molar-refractivity contribution >= 4 is 23.4 Å². The fraction of sp³-hybridized carbons (Fsp3) is 0.211. The summed E-state index contributed by atoms with van der Waals surface area (Å²) in [6, 6.07) is 19.9. The Balaban J connectivity index is 1.37. The van der Waals surface area contributed by atoms with Crippen molar-refractivity contribution in [1.82, 2.24) is 25.2 Å². The fourth-order valence-electron chi connectivity index (χ4n) is 2.83. The molecule has 7 nitrogen and oxygen atoms in total. The highest BCUT2D eigenvalue weighted by molar-refractivity contribution is 7.99. The van der Waals surface area contributed by atoms with Crippen LogP contribution in [0.15, 0.2) is 70.9 Å². The van der Waals surface area contributed by atoms with Gasteiger partial charge in [-0.15, -0.1) is 5.10 Å². The lowest BCUT2D eigenvalue weighted by Gasteiger charge is -2.10. The van der Waals surface area contributed by atoms with E-state index in [1.165, 1.54) is 11.8 Å². The Labute approximate surface area is 161 Å². The standard InChI is InChI=1S/C19H18N6OS/c26-18(24-12-11-17(21-24)16-9-5-2-6-10-16)14-27-19-20-22-23-25(19)13-15-7-3-1-4-8-15/h1-10H,11-14H2. The molecule has 27 heavy (non-hydrogen) atoms. The van der Waals surface area contributed by atoms with Crippen LogP contribution in [0, 0.1) is 0 Å². The largest absolute Gasteiger partial charge is 0.272 e. The molecule has 1 aliphatic rings. The second-order valence-electron chi connectivity index (χ2n) is 6.07. The lowest BCUT2D eigenvalue weighted by molar-refractivity contribution is -0.127. The molecule has 0 radical (unpaired) electrons. The number of tetrazole rings is 1. The first kappa shape index (κ1) is 17.4. The van der Waals surface area contributed by atoms with E-state index in [-0.39, 0.29) is 11.7 Å². The van der Waals surface area contributed by atoms with Gasteiger partial charge in [0, 0.05) is 6.42 Å². The number of hydrogen-bond acceptors (Lipinski definition) is 6. The van der Waals surface area contributed by atoms with Crippen molar-refractivity contribution in [3.8, 4) is 0 Å². The molecule has 0 fully saturated rings. The van der Waals surface area contributed by atoms with Crippen LogP contribution in [0.25, 0.3) is 0 Å². The van der Waals surface area contributed by atoms with Crippen molar-refractivity contribution in [3.63, 3.8) is 0 Å². The summed E-state index contributed by atoms with van der Waals surface area (Å²) >= 11 is 1.33. The fourth-order valence-corrected chi connectivity index (χ4v) is 3.57. The molecule has 4 rings (SSSR count). The van der Waals surface area contributed by atoms with E-state index in [4.69, 9.17) is 0 Å². The Morgan fingerprint density at radius 1 is 1.04 bits per heavy atom. The molecule has 136 valence electrons. The molecule has 2 heterocycles. The maximum atomic E-state index is 12.5. The van der Waals surface area contributed by atoms with Crippen molar-refractivity contribution in [1.29, 1.82) is 0 Å². The maximum absolute atomic E-state index is 12.5. The van der Waals surface area contributed by atoms with Gasteiger partial charge in [-0.2, -0.15) is 5.10 Å². The van der Waals surface area contributed by atoms with E-state index >= 15 is 0 Å². The van der Waals surface area contributed by atoms with Crippen molar-refractivity contribution < 1.29 is 4.79 Å². The highest BCUT2D eigenvalue weighted by Gasteiger charge is 2.22. The number of hydrogen-bond donors (Lipinski definition) is 0. The third-order valence-electron chi connectivity index (χ3n) is 4.20. The van der Waals surface area contributed by atoms with Gasteiger partial charge in [-0.05, 0) is 21.6 Å². The molecule has 0 spiro atoms. The molecular weight excluding hydrogens is 360 g/mol. The van der Waals surface area contributed by atoms with Gasteiger partial charge in [0.1, 0.15) is 0 Å². The molecule has 0 N–H and O–H groups in total. The monoisotopic (exact) mass is 378 g/mol. The second kappa shape index (κ2) is 8.13. The minimum Gasteiger partial charge on any atom is -0.272 e. The Morgan fingerprint density at radius 3 is 2.56 bits per heavy atom. The summed E-state index contributed by atoms with van der Waals surface area (Å²) in [5.41, 5.74) is 3.12. The number of nitrogens with zero attached hydrogens (tertiary/aromatic N) is 6. The molecule has 0 aliphatic carbocycles. The Bertz CT molecular complexity index is 941. The van der Waals surface area contributed by atoms with Gasteiger partial charge in [-0.1, -0.05) is 72.4 Å². The molecule has 0 unspecified atom stereocenters. The van der Waals surface area contributed by atoms with Crippen LogP contribution in [0.1, 0.15) is 17.5 Å². The van der Waals surface area contributed by atoms with Gasteiger partial charge in [0.25, 0.3) is 5.91 Å². The van der Waals surface area contributed by atoms with Crippen molar-refractivity contribution in [2.75, 3.05) is 12.3 Å². The van der Waals surface area contributed by atoms with Crippen molar-refractivity contribution in [2.45, 2.75) is 18.1 Å². The summed E-state index contributed by atoms with van der Waals surface area (Å²) in [4.78, 5) is 12.5. The molecule has 3 aromatic rings. The molecule has 8 heteroatoms. The van der Waals surface area contributed by atoms with E-state index in [0.717, 1.165) is 23.3 Å². The summed E-state index contributed by atoms with van der Waals surface area (Å²) < 4.78 is 1.70. The lowest BCUT2D eigenvalue weighted by Crippen LogP contribution is -2.25. The third kappa shape index (κ3) is 4.22. The first-order chi connectivity index (χ1) is 13.3. The number of carbonyl (C=O) groups excluding carboxylic acids is 1. The molecule has 0 saturated carbocycles. The Hall–Kier alpha value is -3.00. The van der Waals surface area contributed by atoms with Gasteiger partial charge in [-0.25, -0.2) is 9.69 Å². The molecule has 0 saturated heterocycles. The SMILES string of the molecule is O=C(CSc1nnnn1Cc1ccccc1)N1CCC(c2ccccc2)=N1. The van der Waals surface area contributed by atoms with Gasteiger partial charge in [-0.3, -0.25) is 4.79 Å². The van der Waals surface area contributed by atoms with Crippen molar-refractivity contribution in [2.24, 2.45) is 5.10 Å². The summed E-state index contributed by atoms with van der Waals surface area (Å²) in [6.45, 7) is 1.18. The minimum atomic E-state index is -0.0415. The van der Waals surface area contributed by atoms with Crippen LogP contribution in [-0.2, 0) is 11.3 Å². The van der Waals surface area contributed by atoms with Crippen molar-refractivity contribution in [3.05, 3.63) is 71.8 Å². The first-order valence-corrected chi connectivity index (χ1v) is 9.64. The van der Waals surface area contributed by atoms with E-state index in [0.29, 0.717) is 18.2 Å². The number of benzene rings is 2. The normalized spacial score (nSPS) is 13.6. The van der Waals surface area contributed by atoms with Crippen LogP contribution in [0.3, 0.4) is 0 Å². The van der Waals surface area contributed by atoms with E-state index in [1.807, 2.05) is 60.7 Å². The lowest BCUT2D eigenvalue weighted by atomic mass is 10.1. The zero-order valence-corrected chi connectivity index (χ0v) is 15.4. The average Bonchev–Trinajstić information content (AvgIpc) is 3.37. The second-order valence-corrected chi connectivity index (χ2v) is 7.02. The van der Waals surface area contributed by atoms with Crippen LogP contribution in [-0.4, -0.2) is 49.1 Å². The third-order valence-corrected chi connectivity index (χ3v) is 5.14. The maximum Gasteiger partial charge on any atom is 0.253 e. The number of rotatable bonds is 6. The van der Waals surface area contributed by atoms with Crippen LogP contribution in [0.5, 0.6) is 0 Å². The topological polar surface area (TPSA) is 76.3 Å². The van der Waals surface area contributed by atoms with E-state index in [9.17, 15) is 4.79 Å². The smallest absolute Gasteiger partial charge is 0.253 e. The summed E-state index contributed by atoms with van der Waals surface area (Å²) in [7, 11) is 0. The van der Waals surface area contributed by atoms with Gasteiger partial charge in [0.2, 0.25) is 5.16 Å². The Kier molecular flexibility index (Phi) is 5.24. The summed E-state index contributed by atoms with van der Waals surface area (Å²) in [5, 5.41) is 18.4. The first-order valence-electron chi connectivity index (χ1n) is 8.66. The molecular formula is C19H18N6OS. The van der Waals surface area contributed by atoms with E-state index in [2.05, 4.69) is 20.6 Å². The number of carbonyl (C=O) groups is 1. The predicted octanol–water partition coefficient (Wildman–Crippen LogP) is 2.45.